The zero-order chi connectivity index (χ0) is 19.4. The van der Waals surface area contributed by atoms with Crippen LogP contribution < -0.4 is 20.5 Å². The van der Waals surface area contributed by atoms with E-state index in [2.05, 4.69) is 10.9 Å². The summed E-state index contributed by atoms with van der Waals surface area (Å²) in [6.07, 6.45) is 0.0475. The largest absolute Gasteiger partial charge is 0.495 e. The van der Waals surface area contributed by atoms with E-state index < -0.39 is 17.7 Å². The van der Waals surface area contributed by atoms with E-state index in [1.54, 1.807) is 48.5 Å². The number of rotatable bonds is 4. The van der Waals surface area contributed by atoms with Crippen LogP contribution in [0.2, 0.25) is 5.02 Å². The number of anilines is 1. The Bertz CT molecular complexity index is 887. The maximum atomic E-state index is 12.4. The van der Waals surface area contributed by atoms with Gasteiger partial charge in [-0.05, 0) is 24.3 Å². The van der Waals surface area contributed by atoms with Gasteiger partial charge in [-0.3, -0.25) is 25.2 Å². The maximum Gasteiger partial charge on any atom is 0.271 e. The van der Waals surface area contributed by atoms with Gasteiger partial charge in [-0.15, -0.1) is 0 Å². The summed E-state index contributed by atoms with van der Waals surface area (Å²) in [5.41, 5.74) is 5.55. The fraction of sp³-hybridized carbons (Fsp3) is 0.211. The molecule has 0 aromatic heterocycles. The number of methoxy groups -OCH3 is 1. The van der Waals surface area contributed by atoms with E-state index in [4.69, 9.17) is 16.3 Å². The Morgan fingerprint density at radius 3 is 2.56 bits per heavy atom. The smallest absolute Gasteiger partial charge is 0.271 e. The van der Waals surface area contributed by atoms with Gasteiger partial charge in [0.15, 0.2) is 0 Å². The monoisotopic (exact) mass is 387 g/mol. The molecule has 1 aliphatic heterocycles. The van der Waals surface area contributed by atoms with Crippen molar-refractivity contribution < 1.29 is 19.1 Å². The molecule has 0 unspecified atom stereocenters. The zero-order valence-corrected chi connectivity index (χ0v) is 15.3. The van der Waals surface area contributed by atoms with Crippen LogP contribution in [0.5, 0.6) is 5.75 Å². The summed E-state index contributed by atoms with van der Waals surface area (Å²) in [7, 11) is 1.52. The Labute approximate surface area is 161 Å². The van der Waals surface area contributed by atoms with Crippen LogP contribution in [0.4, 0.5) is 5.69 Å². The molecule has 140 valence electrons. The highest BCUT2D eigenvalue weighted by Gasteiger charge is 2.36. The minimum Gasteiger partial charge on any atom is -0.495 e. The summed E-state index contributed by atoms with van der Waals surface area (Å²) in [6, 6.07) is 13.6. The summed E-state index contributed by atoms with van der Waals surface area (Å²) in [4.78, 5) is 38.3. The molecule has 8 heteroatoms. The summed E-state index contributed by atoms with van der Waals surface area (Å²) in [6.45, 7) is 0.201. The first kappa shape index (κ1) is 18.7. The minimum atomic E-state index is -0.589. The second kappa shape index (κ2) is 8.09. The van der Waals surface area contributed by atoms with Crippen LogP contribution in [-0.2, 0) is 9.59 Å². The van der Waals surface area contributed by atoms with Gasteiger partial charge >= 0.3 is 0 Å². The number of hydrazine groups is 1. The number of nitrogens with one attached hydrogen (secondary N) is 2. The van der Waals surface area contributed by atoms with Crippen molar-refractivity contribution in [3.63, 3.8) is 0 Å². The van der Waals surface area contributed by atoms with Crippen molar-refractivity contribution in [2.75, 3.05) is 18.6 Å². The van der Waals surface area contributed by atoms with Crippen molar-refractivity contribution in [3.05, 3.63) is 59.1 Å². The molecule has 27 heavy (non-hydrogen) atoms. The first-order chi connectivity index (χ1) is 13.0. The second-order valence-corrected chi connectivity index (χ2v) is 6.41. The van der Waals surface area contributed by atoms with Crippen LogP contribution in [0, 0.1) is 5.92 Å². The predicted molar refractivity (Wildman–Crippen MR) is 101 cm³/mol. The van der Waals surface area contributed by atoms with Gasteiger partial charge in [-0.1, -0.05) is 35.9 Å². The van der Waals surface area contributed by atoms with E-state index in [-0.39, 0.29) is 29.5 Å². The molecule has 2 aromatic carbocycles. The molecule has 1 fully saturated rings. The Balaban J connectivity index is 1.62. The molecule has 1 aliphatic rings. The lowest BCUT2D eigenvalue weighted by Crippen LogP contribution is -2.45. The van der Waals surface area contributed by atoms with E-state index in [0.717, 1.165) is 0 Å². The number of nitrogens with zero attached hydrogens (tertiary/aromatic N) is 1. The summed E-state index contributed by atoms with van der Waals surface area (Å²) in [5, 5.41) is 0.280. The van der Waals surface area contributed by atoms with E-state index in [1.165, 1.54) is 12.0 Å². The number of carbonyl (C=O) groups is 3. The molecular formula is C19H18ClN3O4. The molecule has 2 aromatic rings. The van der Waals surface area contributed by atoms with Crippen molar-refractivity contribution in [1.82, 2.24) is 10.9 Å². The van der Waals surface area contributed by atoms with Crippen LogP contribution in [-0.4, -0.2) is 31.4 Å². The molecule has 0 saturated carbocycles. The molecule has 0 spiro atoms. The van der Waals surface area contributed by atoms with Gasteiger partial charge in [0.2, 0.25) is 11.8 Å². The number of benzene rings is 2. The molecule has 1 saturated heterocycles. The van der Waals surface area contributed by atoms with Gasteiger partial charge < -0.3 is 9.64 Å². The predicted octanol–water partition coefficient (Wildman–Crippen LogP) is 2.16. The number of ether oxygens (including phenoxy) is 1. The number of para-hydroxylation sites is 2. The van der Waals surface area contributed by atoms with Gasteiger partial charge in [-0.25, -0.2) is 0 Å². The van der Waals surface area contributed by atoms with Gasteiger partial charge in [0, 0.05) is 13.0 Å². The third-order valence-electron chi connectivity index (χ3n) is 4.29. The Kier molecular flexibility index (Phi) is 5.61. The molecule has 0 bridgehead atoms. The van der Waals surface area contributed by atoms with Gasteiger partial charge in [-0.2, -0.15) is 0 Å². The van der Waals surface area contributed by atoms with Gasteiger partial charge in [0.1, 0.15) is 5.75 Å². The van der Waals surface area contributed by atoms with Crippen molar-refractivity contribution in [3.8, 4) is 5.75 Å². The molecular weight excluding hydrogens is 370 g/mol. The van der Waals surface area contributed by atoms with E-state index >= 15 is 0 Å². The fourth-order valence-corrected chi connectivity index (χ4v) is 3.12. The quantitative estimate of drug-likeness (QED) is 0.787. The van der Waals surface area contributed by atoms with Crippen molar-refractivity contribution in [2.24, 2.45) is 5.92 Å². The Hall–Kier alpha value is -3.06. The highest BCUT2D eigenvalue weighted by molar-refractivity contribution is 6.33. The fourth-order valence-electron chi connectivity index (χ4n) is 2.90. The van der Waals surface area contributed by atoms with E-state index in [9.17, 15) is 14.4 Å². The zero-order valence-electron chi connectivity index (χ0n) is 14.6. The van der Waals surface area contributed by atoms with Crippen LogP contribution in [0.3, 0.4) is 0 Å². The normalized spacial score (nSPS) is 16.1. The number of hydrogen-bond acceptors (Lipinski definition) is 4. The lowest BCUT2D eigenvalue weighted by Gasteiger charge is -2.19. The molecule has 3 amide bonds. The minimum absolute atomic E-state index is 0.0475. The van der Waals surface area contributed by atoms with E-state index in [0.29, 0.717) is 11.4 Å². The van der Waals surface area contributed by atoms with Crippen molar-refractivity contribution in [1.29, 1.82) is 0 Å². The Morgan fingerprint density at radius 2 is 1.81 bits per heavy atom. The van der Waals surface area contributed by atoms with Crippen LogP contribution in [0.15, 0.2) is 48.5 Å². The molecule has 1 atom stereocenters. The molecule has 7 nitrogen and oxygen atoms in total. The first-order valence-electron chi connectivity index (χ1n) is 8.29. The van der Waals surface area contributed by atoms with E-state index in [1.807, 2.05) is 0 Å². The SMILES string of the molecule is COc1ccccc1N1C[C@@H](C(=O)NNC(=O)c2ccccc2Cl)CC1=O. The highest BCUT2D eigenvalue weighted by Crippen LogP contribution is 2.32. The molecule has 3 rings (SSSR count). The van der Waals surface area contributed by atoms with Crippen LogP contribution >= 0.6 is 11.6 Å². The molecule has 2 N–H and O–H groups in total. The first-order valence-corrected chi connectivity index (χ1v) is 8.67. The number of halogens is 1. The van der Waals surface area contributed by atoms with Crippen molar-refractivity contribution in [2.45, 2.75) is 6.42 Å². The van der Waals surface area contributed by atoms with Crippen LogP contribution in [0.1, 0.15) is 16.8 Å². The third kappa shape index (κ3) is 4.03. The highest BCUT2D eigenvalue weighted by atomic mass is 35.5. The molecule has 0 radical (unpaired) electrons. The topological polar surface area (TPSA) is 87.7 Å². The Morgan fingerprint density at radius 1 is 1.11 bits per heavy atom. The average molecular weight is 388 g/mol. The third-order valence-corrected chi connectivity index (χ3v) is 4.62. The number of amides is 3. The number of hydrogen-bond donors (Lipinski definition) is 2. The standard InChI is InChI=1S/C19H18ClN3O4/c1-27-16-9-5-4-8-15(16)23-11-12(10-17(23)24)18(25)21-22-19(26)13-6-2-3-7-14(13)20/h2-9,12H,10-11H2,1H3,(H,21,25)(H,22,26)/t12-/m0/s1. The molecule has 0 aliphatic carbocycles. The lowest BCUT2D eigenvalue weighted by molar-refractivity contribution is -0.126. The average Bonchev–Trinajstić information content (AvgIpc) is 3.07. The summed E-state index contributed by atoms with van der Waals surface area (Å²) in [5.74, 6) is -1.19. The number of carbonyl (C=O) groups excluding carboxylic acids is 3. The van der Waals surface area contributed by atoms with Gasteiger partial charge in [0.05, 0.1) is 29.3 Å². The maximum absolute atomic E-state index is 12.4. The van der Waals surface area contributed by atoms with Gasteiger partial charge in [0.25, 0.3) is 5.91 Å². The van der Waals surface area contributed by atoms with Crippen LogP contribution in [0.25, 0.3) is 0 Å². The summed E-state index contributed by atoms with van der Waals surface area (Å²) < 4.78 is 5.28. The summed E-state index contributed by atoms with van der Waals surface area (Å²) >= 11 is 5.96. The lowest BCUT2D eigenvalue weighted by atomic mass is 10.1. The molecule has 1 heterocycles. The second-order valence-electron chi connectivity index (χ2n) is 6.00. The van der Waals surface area contributed by atoms with Crippen molar-refractivity contribution >= 4 is 35.0 Å².